The van der Waals surface area contributed by atoms with E-state index in [2.05, 4.69) is 51.1 Å². The number of nitrogens with zero attached hydrogens (tertiary/aromatic N) is 3. The number of pyridine rings is 1. The molecule has 0 unspecified atom stereocenters. The van der Waals surface area contributed by atoms with Crippen LogP contribution in [0.1, 0.15) is 18.1 Å². The quantitative estimate of drug-likeness (QED) is 0.693. The van der Waals surface area contributed by atoms with Crippen molar-refractivity contribution < 1.29 is 9.78 Å². The third kappa shape index (κ3) is 3.49. The lowest BCUT2D eigenvalue weighted by atomic mass is 10.1. The Bertz CT molecular complexity index is 994. The number of piperazine rings is 1. The average molecular weight is 400 g/mol. The Balaban J connectivity index is 1.45. The van der Waals surface area contributed by atoms with E-state index in [-0.39, 0.29) is 12.1 Å². The first-order valence-electron chi connectivity index (χ1n) is 9.37. The zero-order chi connectivity index (χ0) is 19.8. The molecule has 1 atom stereocenters. The molecule has 0 bridgehead atoms. The molecule has 146 valence electrons. The van der Waals surface area contributed by atoms with Crippen molar-refractivity contribution in [1.29, 1.82) is 0 Å². The third-order valence-electron chi connectivity index (χ3n) is 5.31. The molecule has 2 aromatic heterocycles. The van der Waals surface area contributed by atoms with Crippen LogP contribution in [0.15, 0.2) is 30.5 Å². The summed E-state index contributed by atoms with van der Waals surface area (Å²) < 4.78 is 0. The minimum atomic E-state index is -0.129. The number of carbonyl (C=O) groups is 1. The van der Waals surface area contributed by atoms with Gasteiger partial charge in [-0.1, -0.05) is 11.6 Å². The summed E-state index contributed by atoms with van der Waals surface area (Å²) in [5.41, 5.74) is 4.36. The topological polar surface area (TPSA) is 78.4 Å². The predicted molar refractivity (Wildman–Crippen MR) is 111 cm³/mol. The smallest absolute Gasteiger partial charge is 0.352 e. The van der Waals surface area contributed by atoms with E-state index in [1.165, 1.54) is 11.1 Å². The van der Waals surface area contributed by atoms with E-state index in [1.807, 2.05) is 24.0 Å². The second-order valence-corrected chi connectivity index (χ2v) is 7.74. The van der Waals surface area contributed by atoms with Gasteiger partial charge in [-0.05, 0) is 56.2 Å². The summed E-state index contributed by atoms with van der Waals surface area (Å²) in [5, 5.41) is 3.58. The van der Waals surface area contributed by atoms with Gasteiger partial charge in [-0.2, -0.15) is 5.32 Å². The number of rotatable bonds is 2. The van der Waals surface area contributed by atoms with Gasteiger partial charge >= 0.3 is 12.0 Å². The molecule has 0 spiro atoms. The van der Waals surface area contributed by atoms with Crippen molar-refractivity contribution in [2.45, 2.75) is 26.8 Å². The van der Waals surface area contributed by atoms with Crippen LogP contribution in [0.2, 0.25) is 5.02 Å². The normalized spacial score (nSPS) is 17.2. The van der Waals surface area contributed by atoms with Crippen molar-refractivity contribution in [2.24, 2.45) is 0 Å². The van der Waals surface area contributed by atoms with Crippen molar-refractivity contribution in [3.05, 3.63) is 46.6 Å². The molecular weight excluding hydrogens is 376 g/mol. The zero-order valence-electron chi connectivity index (χ0n) is 16.2. The highest BCUT2D eigenvalue weighted by Gasteiger charge is 2.31. The van der Waals surface area contributed by atoms with Crippen LogP contribution in [0.5, 0.6) is 0 Å². The summed E-state index contributed by atoms with van der Waals surface area (Å²) in [6.45, 7) is 8.14. The summed E-state index contributed by atoms with van der Waals surface area (Å²) in [5.74, 6) is 1.36. The molecular formula is C20H24ClN6O+. The molecule has 1 aromatic carbocycles. The largest absolute Gasteiger partial charge is 0.382 e. The van der Waals surface area contributed by atoms with Gasteiger partial charge in [-0.15, -0.1) is 0 Å². The molecule has 7 nitrogen and oxygen atoms in total. The van der Waals surface area contributed by atoms with Gasteiger partial charge in [0.15, 0.2) is 0 Å². The summed E-state index contributed by atoms with van der Waals surface area (Å²) in [6, 6.07) is 7.71. The minimum Gasteiger partial charge on any atom is -0.352 e. The molecule has 1 fully saturated rings. The van der Waals surface area contributed by atoms with Crippen molar-refractivity contribution in [3.8, 4) is 0 Å². The highest BCUT2D eigenvalue weighted by molar-refractivity contribution is 6.32. The zero-order valence-corrected chi connectivity index (χ0v) is 17.0. The SMILES string of the molecule is Cc1cc2[nH]c(NC(=O)N3CCN(c4ncccc4Cl)C[C@H]3C)[nH+]c2cc1C. The van der Waals surface area contributed by atoms with Crippen LogP contribution >= 0.6 is 11.6 Å². The molecule has 8 heteroatoms. The number of benzene rings is 1. The molecule has 1 aliphatic heterocycles. The number of amides is 2. The maximum atomic E-state index is 12.8. The number of fused-ring (bicyclic) bond motifs is 1. The Kier molecular flexibility index (Phi) is 4.85. The molecule has 2 amide bonds. The average Bonchev–Trinajstić information content (AvgIpc) is 3.03. The van der Waals surface area contributed by atoms with E-state index in [4.69, 9.17) is 11.6 Å². The first-order chi connectivity index (χ1) is 13.4. The van der Waals surface area contributed by atoms with Gasteiger partial charge in [-0.25, -0.2) is 19.7 Å². The number of carbonyl (C=O) groups excluding carboxylic acids is 1. The van der Waals surface area contributed by atoms with Crippen LogP contribution in [-0.4, -0.2) is 46.6 Å². The van der Waals surface area contributed by atoms with E-state index in [0.29, 0.717) is 30.6 Å². The van der Waals surface area contributed by atoms with Crippen LogP contribution in [0, 0.1) is 13.8 Å². The van der Waals surface area contributed by atoms with Crippen molar-refractivity contribution in [1.82, 2.24) is 14.9 Å². The summed E-state index contributed by atoms with van der Waals surface area (Å²) in [4.78, 5) is 27.6. The maximum Gasteiger partial charge on any atom is 0.382 e. The van der Waals surface area contributed by atoms with Gasteiger partial charge in [-0.3, -0.25) is 0 Å². The van der Waals surface area contributed by atoms with Crippen LogP contribution in [-0.2, 0) is 0 Å². The number of nitrogens with one attached hydrogen (secondary N) is 3. The Morgan fingerprint density at radius 3 is 2.86 bits per heavy atom. The molecule has 28 heavy (non-hydrogen) atoms. The first-order valence-corrected chi connectivity index (χ1v) is 9.75. The van der Waals surface area contributed by atoms with Gasteiger partial charge < -0.3 is 9.80 Å². The number of halogens is 1. The molecule has 3 N–H and O–H groups in total. The molecule has 1 saturated heterocycles. The van der Waals surface area contributed by atoms with E-state index in [9.17, 15) is 4.79 Å². The second kappa shape index (κ2) is 7.31. The lowest BCUT2D eigenvalue weighted by Gasteiger charge is -2.39. The van der Waals surface area contributed by atoms with Gasteiger partial charge in [0.1, 0.15) is 16.9 Å². The number of aromatic amines is 2. The number of H-pyrrole nitrogens is 2. The van der Waals surface area contributed by atoms with Crippen LogP contribution < -0.4 is 15.2 Å². The van der Waals surface area contributed by atoms with Crippen LogP contribution in [0.3, 0.4) is 0 Å². The molecule has 1 aliphatic rings. The summed E-state index contributed by atoms with van der Waals surface area (Å²) in [6.07, 6.45) is 1.74. The minimum absolute atomic E-state index is 0.0284. The van der Waals surface area contributed by atoms with Crippen molar-refractivity contribution >= 4 is 40.4 Å². The van der Waals surface area contributed by atoms with E-state index >= 15 is 0 Å². The second-order valence-electron chi connectivity index (χ2n) is 7.33. The lowest BCUT2D eigenvalue weighted by Crippen LogP contribution is -2.55. The number of hydrogen-bond donors (Lipinski definition) is 2. The molecule has 4 rings (SSSR count). The fourth-order valence-electron chi connectivity index (χ4n) is 3.63. The van der Waals surface area contributed by atoms with Crippen molar-refractivity contribution in [2.75, 3.05) is 29.9 Å². The Hall–Kier alpha value is -2.80. The number of imidazole rings is 1. The van der Waals surface area contributed by atoms with Crippen molar-refractivity contribution in [3.63, 3.8) is 0 Å². The highest BCUT2D eigenvalue weighted by atomic mass is 35.5. The van der Waals surface area contributed by atoms with Crippen LogP contribution in [0.4, 0.5) is 16.6 Å². The number of anilines is 2. The maximum absolute atomic E-state index is 12.8. The fourth-order valence-corrected chi connectivity index (χ4v) is 3.87. The number of aryl methyl sites for hydroxylation is 2. The number of hydrogen-bond acceptors (Lipinski definition) is 3. The highest BCUT2D eigenvalue weighted by Crippen LogP contribution is 2.25. The van der Waals surface area contributed by atoms with Crippen LogP contribution in [0.25, 0.3) is 11.0 Å². The standard InChI is InChI=1S/C20H23ClN6O/c1-12-9-16-17(10-13(12)2)24-19(23-16)25-20(28)27-8-7-26(11-14(27)3)18-15(21)5-4-6-22-18/h4-6,9-10,14H,7-8,11H2,1-3H3,(H2,23,24,25,28)/p+1/t14-/m1/s1. The van der Waals surface area contributed by atoms with Gasteiger partial charge in [0.2, 0.25) is 0 Å². The number of aromatic nitrogens is 3. The number of urea groups is 1. The van der Waals surface area contributed by atoms with Gasteiger partial charge in [0, 0.05) is 31.9 Å². The molecule has 3 heterocycles. The lowest BCUT2D eigenvalue weighted by molar-refractivity contribution is -0.326. The first kappa shape index (κ1) is 18.6. The summed E-state index contributed by atoms with van der Waals surface area (Å²) in [7, 11) is 0. The molecule has 3 aromatic rings. The van der Waals surface area contributed by atoms with Gasteiger partial charge in [0.05, 0.1) is 5.02 Å². The Labute approximate surface area is 168 Å². The van der Waals surface area contributed by atoms with E-state index in [0.717, 1.165) is 16.9 Å². The van der Waals surface area contributed by atoms with E-state index in [1.54, 1.807) is 6.20 Å². The predicted octanol–water partition coefficient (Wildman–Crippen LogP) is 3.39. The molecule has 0 radical (unpaired) electrons. The monoisotopic (exact) mass is 399 g/mol. The Morgan fingerprint density at radius 2 is 2.11 bits per heavy atom. The fraction of sp³-hybridized carbons (Fsp3) is 0.350. The van der Waals surface area contributed by atoms with E-state index < -0.39 is 0 Å². The molecule has 0 aliphatic carbocycles. The third-order valence-corrected chi connectivity index (χ3v) is 5.61. The Morgan fingerprint density at radius 1 is 1.32 bits per heavy atom. The summed E-state index contributed by atoms with van der Waals surface area (Å²) >= 11 is 6.27. The molecule has 0 saturated carbocycles. The van der Waals surface area contributed by atoms with Gasteiger partial charge in [0.25, 0.3) is 0 Å².